The zero-order valence-corrected chi connectivity index (χ0v) is 20.6. The number of carbonyl (C=O) groups is 1. The van der Waals surface area contributed by atoms with Gasteiger partial charge in [0.05, 0.1) is 22.7 Å². The van der Waals surface area contributed by atoms with Gasteiger partial charge in [0.2, 0.25) is 9.84 Å². The van der Waals surface area contributed by atoms with E-state index < -0.39 is 33.3 Å². The normalized spacial score (nSPS) is 17.9. The van der Waals surface area contributed by atoms with Crippen molar-refractivity contribution < 1.29 is 31.5 Å². The second-order valence-corrected chi connectivity index (χ2v) is 10.9. The van der Waals surface area contributed by atoms with E-state index in [1.54, 1.807) is 30.3 Å². The SMILES string of the molecule is O=C(O)CC[C@H]1CCCCc2ccccc2-c2nc(ccc2C(F)(F)F)CS(=O)(=O)c2cccc(n2)N1. The van der Waals surface area contributed by atoms with Gasteiger partial charge in [-0.2, -0.15) is 13.2 Å². The van der Waals surface area contributed by atoms with Crippen molar-refractivity contribution in [1.29, 1.82) is 0 Å². The van der Waals surface area contributed by atoms with E-state index in [9.17, 15) is 26.4 Å². The summed E-state index contributed by atoms with van der Waals surface area (Å²) in [4.78, 5) is 19.6. The van der Waals surface area contributed by atoms with Crippen LogP contribution in [0.2, 0.25) is 0 Å². The van der Waals surface area contributed by atoms with Gasteiger partial charge >= 0.3 is 12.1 Å². The molecule has 3 heterocycles. The van der Waals surface area contributed by atoms with E-state index >= 15 is 0 Å². The summed E-state index contributed by atoms with van der Waals surface area (Å²) in [6, 6.07) is 12.8. The van der Waals surface area contributed by atoms with Crippen LogP contribution in [0.3, 0.4) is 0 Å². The second kappa shape index (κ2) is 10.9. The van der Waals surface area contributed by atoms with Crippen LogP contribution in [0.5, 0.6) is 0 Å². The number of fused-ring (bicyclic) bond motifs is 6. The molecule has 1 aromatic carbocycles. The summed E-state index contributed by atoms with van der Waals surface area (Å²) < 4.78 is 68.1. The first-order valence-electron chi connectivity index (χ1n) is 11.9. The molecule has 37 heavy (non-hydrogen) atoms. The number of aromatic nitrogens is 2. The fourth-order valence-corrected chi connectivity index (χ4v) is 5.64. The number of hydrogen-bond acceptors (Lipinski definition) is 6. The Morgan fingerprint density at radius 3 is 2.57 bits per heavy atom. The average molecular weight is 534 g/mol. The zero-order chi connectivity index (χ0) is 26.6. The third kappa shape index (κ3) is 6.65. The molecule has 0 saturated heterocycles. The molecule has 0 fully saturated rings. The van der Waals surface area contributed by atoms with Crippen molar-refractivity contribution in [2.45, 2.75) is 61.5 Å². The molecule has 0 unspecified atom stereocenters. The van der Waals surface area contributed by atoms with Crippen molar-refractivity contribution >= 4 is 21.6 Å². The number of nitrogens with zero attached hydrogens (tertiary/aromatic N) is 2. The first-order chi connectivity index (χ1) is 17.5. The van der Waals surface area contributed by atoms with Crippen LogP contribution >= 0.6 is 0 Å². The smallest absolute Gasteiger partial charge is 0.418 e. The fourth-order valence-electron chi connectivity index (χ4n) is 4.42. The molecule has 1 aliphatic rings. The maximum Gasteiger partial charge on any atom is 0.418 e. The van der Waals surface area contributed by atoms with Crippen molar-refractivity contribution in [3.05, 3.63) is 71.4 Å². The molecule has 7 nitrogen and oxygen atoms in total. The van der Waals surface area contributed by atoms with E-state index in [-0.39, 0.29) is 34.7 Å². The van der Waals surface area contributed by atoms with Crippen LogP contribution in [0.15, 0.2) is 59.6 Å². The van der Waals surface area contributed by atoms with Crippen molar-refractivity contribution in [2.75, 3.05) is 5.32 Å². The van der Waals surface area contributed by atoms with Crippen LogP contribution in [0.25, 0.3) is 11.3 Å². The maximum absolute atomic E-state index is 13.9. The van der Waals surface area contributed by atoms with E-state index in [2.05, 4.69) is 15.3 Å². The number of hydrogen-bond donors (Lipinski definition) is 2. The predicted molar refractivity (Wildman–Crippen MR) is 132 cm³/mol. The van der Waals surface area contributed by atoms with Crippen molar-refractivity contribution in [3.8, 4) is 11.3 Å². The van der Waals surface area contributed by atoms with Gasteiger partial charge in [-0.25, -0.2) is 13.4 Å². The molecule has 3 aromatic rings. The number of alkyl halides is 3. The number of nitrogens with one attached hydrogen (secondary N) is 1. The Morgan fingerprint density at radius 1 is 1.03 bits per heavy atom. The second-order valence-electron chi connectivity index (χ2n) is 8.99. The summed E-state index contributed by atoms with van der Waals surface area (Å²) in [6.45, 7) is 0. The average Bonchev–Trinajstić information content (AvgIpc) is 2.84. The molecule has 0 amide bonds. The number of aliphatic carboxylic acids is 1. The lowest BCUT2D eigenvalue weighted by atomic mass is 9.95. The monoisotopic (exact) mass is 533 g/mol. The van der Waals surface area contributed by atoms with Crippen LogP contribution in [-0.2, 0) is 33.0 Å². The largest absolute Gasteiger partial charge is 0.481 e. The van der Waals surface area contributed by atoms with Gasteiger partial charge in [-0.05, 0) is 55.5 Å². The summed E-state index contributed by atoms with van der Waals surface area (Å²) in [5.41, 5.74) is -0.272. The summed E-state index contributed by atoms with van der Waals surface area (Å²) in [6.07, 6.45) is -2.04. The number of anilines is 1. The van der Waals surface area contributed by atoms with Gasteiger partial charge in [-0.3, -0.25) is 9.78 Å². The summed E-state index contributed by atoms with van der Waals surface area (Å²) in [5.74, 6) is -1.28. The lowest BCUT2D eigenvalue weighted by Gasteiger charge is -2.20. The highest BCUT2D eigenvalue weighted by atomic mass is 32.2. The summed E-state index contributed by atoms with van der Waals surface area (Å²) in [7, 11) is -4.04. The van der Waals surface area contributed by atoms with E-state index in [1.807, 2.05) is 0 Å². The number of sulfone groups is 1. The molecule has 0 aliphatic carbocycles. The number of halogens is 3. The zero-order valence-electron chi connectivity index (χ0n) is 19.8. The molecule has 1 atom stereocenters. The molecule has 2 aromatic heterocycles. The Kier molecular flexibility index (Phi) is 7.82. The van der Waals surface area contributed by atoms with Crippen molar-refractivity contribution in [1.82, 2.24) is 9.97 Å². The van der Waals surface area contributed by atoms with Crippen molar-refractivity contribution in [2.24, 2.45) is 0 Å². The minimum absolute atomic E-state index is 0.0237. The summed E-state index contributed by atoms with van der Waals surface area (Å²) >= 11 is 0. The quantitative estimate of drug-likeness (QED) is 0.457. The molecular formula is C26H26F3N3O4S. The van der Waals surface area contributed by atoms with E-state index in [0.717, 1.165) is 12.1 Å². The van der Waals surface area contributed by atoms with Gasteiger partial charge in [0.15, 0.2) is 5.03 Å². The topological polar surface area (TPSA) is 109 Å². The number of carboxylic acid groups (broad SMARTS) is 1. The molecule has 4 bridgehead atoms. The molecular weight excluding hydrogens is 507 g/mol. The Morgan fingerprint density at radius 2 is 1.81 bits per heavy atom. The first kappa shape index (κ1) is 26.6. The third-order valence-corrected chi connectivity index (χ3v) is 7.76. The predicted octanol–water partition coefficient (Wildman–Crippen LogP) is 5.51. The number of benzene rings is 1. The third-order valence-electron chi connectivity index (χ3n) is 6.22. The number of pyridine rings is 2. The Balaban J connectivity index is 1.81. The molecule has 2 N–H and O–H groups in total. The highest BCUT2D eigenvalue weighted by Gasteiger charge is 2.35. The fraction of sp³-hybridized carbons (Fsp3) is 0.346. The highest BCUT2D eigenvalue weighted by molar-refractivity contribution is 7.90. The molecule has 0 radical (unpaired) electrons. The van der Waals surface area contributed by atoms with E-state index in [4.69, 9.17) is 5.11 Å². The Labute approximate surface area is 212 Å². The standard InChI is InChI=1S/C26H26F3N3O4S/c27-26(28,29)21-14-12-19-16-37(35,36)23-11-5-10-22(32-23)30-18(13-15-24(33)34)8-3-1-6-17-7-2-4-9-20(17)25(21)31-19/h2,4-5,7,9-12,14,18H,1,3,6,8,13,15-16H2,(H,30,32)(H,33,34)/t18-/m1/s1. The van der Waals surface area contributed by atoms with E-state index in [1.165, 1.54) is 12.1 Å². The van der Waals surface area contributed by atoms with Crippen LogP contribution in [0.1, 0.15) is 48.9 Å². The molecule has 4 rings (SSSR count). The van der Waals surface area contributed by atoms with Crippen LogP contribution in [-0.4, -0.2) is 35.5 Å². The molecule has 0 saturated carbocycles. The lowest BCUT2D eigenvalue weighted by Crippen LogP contribution is -2.22. The highest BCUT2D eigenvalue weighted by Crippen LogP contribution is 2.38. The number of rotatable bonds is 3. The van der Waals surface area contributed by atoms with Gasteiger partial charge in [0.1, 0.15) is 5.82 Å². The molecule has 11 heteroatoms. The minimum Gasteiger partial charge on any atom is -0.481 e. The number of aryl methyl sites for hydroxylation is 1. The lowest BCUT2D eigenvalue weighted by molar-refractivity contribution is -0.138. The number of carboxylic acids is 1. The minimum atomic E-state index is -4.67. The van der Waals surface area contributed by atoms with Gasteiger partial charge in [0, 0.05) is 18.0 Å². The van der Waals surface area contributed by atoms with Crippen LogP contribution in [0.4, 0.5) is 19.0 Å². The van der Waals surface area contributed by atoms with Crippen molar-refractivity contribution in [3.63, 3.8) is 0 Å². The van der Waals surface area contributed by atoms with Gasteiger partial charge < -0.3 is 10.4 Å². The Bertz CT molecular complexity index is 1390. The maximum atomic E-state index is 13.9. The van der Waals surface area contributed by atoms with Gasteiger partial charge in [-0.15, -0.1) is 0 Å². The van der Waals surface area contributed by atoms with E-state index in [0.29, 0.717) is 43.2 Å². The Hall–Kier alpha value is -3.47. The molecule has 196 valence electrons. The molecule has 1 aliphatic heterocycles. The van der Waals surface area contributed by atoms with Gasteiger partial charge in [0.25, 0.3) is 0 Å². The summed E-state index contributed by atoms with van der Waals surface area (Å²) in [5, 5.41) is 12.0. The first-order valence-corrected chi connectivity index (χ1v) is 13.5. The van der Waals surface area contributed by atoms with Crippen LogP contribution < -0.4 is 5.32 Å². The van der Waals surface area contributed by atoms with Crippen LogP contribution in [0, 0.1) is 0 Å². The molecule has 0 spiro atoms. The van der Waals surface area contributed by atoms with Gasteiger partial charge in [-0.1, -0.05) is 36.8 Å².